The topological polar surface area (TPSA) is 46.2 Å². The molecule has 0 saturated carbocycles. The summed E-state index contributed by atoms with van der Waals surface area (Å²) < 4.78 is 0. The summed E-state index contributed by atoms with van der Waals surface area (Å²) in [5, 5.41) is 2.60. The normalized spacial score (nSPS) is 11.9. The van der Waals surface area contributed by atoms with E-state index in [-0.39, 0.29) is 11.7 Å². The molecule has 17 heavy (non-hydrogen) atoms. The van der Waals surface area contributed by atoms with E-state index in [1.165, 1.54) is 6.92 Å². The fourth-order valence-electron chi connectivity index (χ4n) is 1.56. The van der Waals surface area contributed by atoms with Gasteiger partial charge in [-0.25, -0.2) is 0 Å². The van der Waals surface area contributed by atoms with Gasteiger partial charge in [-0.3, -0.25) is 9.59 Å². The Hall–Kier alpha value is -1.29. The number of rotatable bonds is 6. The number of thiol groups is 1. The Morgan fingerprint density at radius 1 is 1.29 bits per heavy atom. The minimum Gasteiger partial charge on any atom is -0.346 e. The average molecular weight is 251 g/mol. The molecule has 1 aromatic rings. The van der Waals surface area contributed by atoms with Crippen molar-refractivity contribution >= 4 is 24.3 Å². The zero-order valence-electron chi connectivity index (χ0n) is 9.85. The number of ketones is 1. The van der Waals surface area contributed by atoms with E-state index in [1.54, 1.807) is 0 Å². The van der Waals surface area contributed by atoms with Crippen LogP contribution >= 0.6 is 12.6 Å². The van der Waals surface area contributed by atoms with Crippen molar-refractivity contribution in [2.45, 2.75) is 25.8 Å². The second-order valence-corrected chi connectivity index (χ2v) is 4.25. The van der Waals surface area contributed by atoms with E-state index in [4.69, 9.17) is 0 Å². The lowest BCUT2D eigenvalue weighted by atomic mass is 10.0. The minimum atomic E-state index is -0.473. The van der Waals surface area contributed by atoms with E-state index >= 15 is 0 Å². The number of amides is 1. The number of hydrogen-bond donors (Lipinski definition) is 2. The van der Waals surface area contributed by atoms with Crippen molar-refractivity contribution in [1.82, 2.24) is 5.32 Å². The molecule has 0 saturated heterocycles. The van der Waals surface area contributed by atoms with Crippen molar-refractivity contribution < 1.29 is 9.59 Å². The first-order valence-electron chi connectivity index (χ1n) is 5.58. The van der Waals surface area contributed by atoms with Crippen molar-refractivity contribution in [1.29, 1.82) is 0 Å². The molecule has 0 aromatic heterocycles. The predicted molar refractivity (Wildman–Crippen MR) is 71.2 cm³/mol. The Kier molecular flexibility index (Phi) is 5.77. The molecule has 0 spiro atoms. The molecule has 1 rings (SSSR count). The summed E-state index contributed by atoms with van der Waals surface area (Å²) in [6, 6.07) is 9.34. The molecule has 0 radical (unpaired) electrons. The lowest BCUT2D eigenvalue weighted by Crippen LogP contribution is -2.41. The SMILES string of the molecule is CC(=O)N[C@@H](CS)C(=O)CCc1ccccc1. The minimum absolute atomic E-state index is 0.0269. The van der Waals surface area contributed by atoms with Gasteiger partial charge in [0.05, 0.1) is 6.04 Å². The monoisotopic (exact) mass is 251 g/mol. The van der Waals surface area contributed by atoms with Crippen molar-refractivity contribution in [2.75, 3.05) is 5.75 Å². The van der Waals surface area contributed by atoms with Gasteiger partial charge in [-0.05, 0) is 12.0 Å². The van der Waals surface area contributed by atoms with Gasteiger partial charge < -0.3 is 5.32 Å². The summed E-state index contributed by atoms with van der Waals surface area (Å²) in [7, 11) is 0. The fraction of sp³-hybridized carbons (Fsp3) is 0.385. The summed E-state index contributed by atoms with van der Waals surface area (Å²) >= 11 is 4.07. The Balaban J connectivity index is 2.45. The van der Waals surface area contributed by atoms with Crippen molar-refractivity contribution in [2.24, 2.45) is 0 Å². The van der Waals surface area contributed by atoms with Crippen molar-refractivity contribution in [3.05, 3.63) is 35.9 Å². The van der Waals surface area contributed by atoms with Gasteiger partial charge in [0.1, 0.15) is 0 Å². The van der Waals surface area contributed by atoms with Crippen molar-refractivity contribution in [3.63, 3.8) is 0 Å². The van der Waals surface area contributed by atoms with Crippen LogP contribution in [0.2, 0.25) is 0 Å². The first-order chi connectivity index (χ1) is 8.13. The van der Waals surface area contributed by atoms with Crippen LogP contribution in [0.3, 0.4) is 0 Å². The van der Waals surface area contributed by atoms with E-state index in [0.29, 0.717) is 18.6 Å². The molecule has 0 aliphatic rings. The quantitative estimate of drug-likeness (QED) is 0.755. The highest BCUT2D eigenvalue weighted by Gasteiger charge is 2.16. The zero-order valence-corrected chi connectivity index (χ0v) is 10.7. The Labute approximate surface area is 107 Å². The molecule has 1 atom stereocenters. The summed E-state index contributed by atoms with van der Waals surface area (Å²) in [6.07, 6.45) is 1.12. The summed E-state index contributed by atoms with van der Waals surface area (Å²) in [4.78, 5) is 22.7. The largest absolute Gasteiger partial charge is 0.346 e. The third kappa shape index (κ3) is 5.04. The molecule has 0 aliphatic heterocycles. The molecule has 1 amide bonds. The highest BCUT2D eigenvalue weighted by Crippen LogP contribution is 2.05. The summed E-state index contributed by atoms with van der Waals surface area (Å²) in [5.74, 6) is 0.170. The van der Waals surface area contributed by atoms with E-state index < -0.39 is 6.04 Å². The standard InChI is InChI=1S/C13H17NO2S/c1-10(15)14-12(9-17)13(16)8-7-11-5-3-2-4-6-11/h2-6,12,17H,7-9H2,1H3,(H,14,15)/t12-/m0/s1. The zero-order chi connectivity index (χ0) is 12.7. The van der Waals surface area contributed by atoms with Crippen LogP contribution < -0.4 is 5.32 Å². The van der Waals surface area contributed by atoms with Gasteiger partial charge in [-0.2, -0.15) is 12.6 Å². The van der Waals surface area contributed by atoms with E-state index in [1.807, 2.05) is 30.3 Å². The maximum Gasteiger partial charge on any atom is 0.217 e. The van der Waals surface area contributed by atoms with Crippen LogP contribution in [0, 0.1) is 0 Å². The van der Waals surface area contributed by atoms with Gasteiger partial charge in [0.25, 0.3) is 0 Å². The van der Waals surface area contributed by atoms with E-state index in [9.17, 15) is 9.59 Å². The lowest BCUT2D eigenvalue weighted by molar-refractivity contribution is -0.126. The van der Waals surface area contributed by atoms with Crippen molar-refractivity contribution in [3.8, 4) is 0 Å². The Morgan fingerprint density at radius 2 is 1.94 bits per heavy atom. The maximum absolute atomic E-state index is 11.8. The molecular formula is C13H17NO2S. The second kappa shape index (κ2) is 7.12. The molecule has 0 aliphatic carbocycles. The first-order valence-corrected chi connectivity index (χ1v) is 6.21. The lowest BCUT2D eigenvalue weighted by Gasteiger charge is -2.13. The second-order valence-electron chi connectivity index (χ2n) is 3.89. The number of Topliss-reactive ketones (excluding diaryl/α,β-unsaturated/α-hetero) is 1. The molecule has 1 N–H and O–H groups in total. The van der Waals surface area contributed by atoms with Gasteiger partial charge in [0.15, 0.2) is 5.78 Å². The molecule has 0 heterocycles. The van der Waals surface area contributed by atoms with Crippen LogP contribution in [-0.2, 0) is 16.0 Å². The highest BCUT2D eigenvalue weighted by atomic mass is 32.1. The fourth-order valence-corrected chi connectivity index (χ4v) is 1.85. The van der Waals surface area contributed by atoms with Crippen LogP contribution in [0.4, 0.5) is 0 Å². The highest BCUT2D eigenvalue weighted by molar-refractivity contribution is 7.80. The molecule has 3 nitrogen and oxygen atoms in total. The number of benzene rings is 1. The van der Waals surface area contributed by atoms with Crippen LogP contribution in [0.5, 0.6) is 0 Å². The van der Waals surface area contributed by atoms with Gasteiger partial charge in [-0.15, -0.1) is 0 Å². The van der Waals surface area contributed by atoms with Gasteiger partial charge in [0, 0.05) is 19.1 Å². The van der Waals surface area contributed by atoms with E-state index in [0.717, 1.165) is 5.56 Å². The third-order valence-electron chi connectivity index (χ3n) is 2.45. The molecule has 1 aromatic carbocycles. The Morgan fingerprint density at radius 3 is 2.47 bits per heavy atom. The summed E-state index contributed by atoms with van der Waals surface area (Å²) in [5.41, 5.74) is 1.13. The van der Waals surface area contributed by atoms with Gasteiger partial charge in [-0.1, -0.05) is 30.3 Å². The molecule has 0 fully saturated rings. The molecule has 0 unspecified atom stereocenters. The average Bonchev–Trinajstić information content (AvgIpc) is 2.34. The number of carbonyl (C=O) groups is 2. The number of hydrogen-bond acceptors (Lipinski definition) is 3. The van der Waals surface area contributed by atoms with Crippen LogP contribution in [-0.4, -0.2) is 23.5 Å². The maximum atomic E-state index is 11.8. The number of carbonyl (C=O) groups excluding carboxylic acids is 2. The molecule has 92 valence electrons. The third-order valence-corrected chi connectivity index (χ3v) is 2.82. The summed E-state index contributed by atoms with van der Waals surface area (Å²) in [6.45, 7) is 1.40. The smallest absolute Gasteiger partial charge is 0.217 e. The number of aryl methyl sites for hydroxylation is 1. The van der Waals surface area contributed by atoms with Crippen LogP contribution in [0.1, 0.15) is 18.9 Å². The number of nitrogens with one attached hydrogen (secondary N) is 1. The first kappa shape index (κ1) is 13.8. The Bertz CT molecular complexity index is 378. The van der Waals surface area contributed by atoms with Gasteiger partial charge in [0.2, 0.25) is 5.91 Å². The van der Waals surface area contributed by atoms with Gasteiger partial charge >= 0.3 is 0 Å². The predicted octanol–water partition coefficient (Wildman–Crippen LogP) is 1.62. The molecule has 4 heteroatoms. The van der Waals surface area contributed by atoms with Crippen LogP contribution in [0.15, 0.2) is 30.3 Å². The van der Waals surface area contributed by atoms with E-state index in [2.05, 4.69) is 17.9 Å². The molecular weight excluding hydrogens is 234 g/mol. The van der Waals surface area contributed by atoms with Crippen LogP contribution in [0.25, 0.3) is 0 Å². The molecule has 0 bridgehead atoms.